The average Bonchev–Trinajstić information content (AvgIpc) is 3.20. The lowest BCUT2D eigenvalue weighted by molar-refractivity contribution is 0.0953. The summed E-state index contributed by atoms with van der Waals surface area (Å²) in [4.78, 5) is 42.5. The number of thiazole rings is 1. The molecule has 4 aromatic rings. The Kier molecular flexibility index (Phi) is 6.23. The van der Waals surface area contributed by atoms with Gasteiger partial charge in [0, 0.05) is 30.1 Å². The zero-order valence-electron chi connectivity index (χ0n) is 17.2. The first kappa shape index (κ1) is 21.2. The van der Waals surface area contributed by atoms with Crippen LogP contribution in [0.4, 0.5) is 5.69 Å². The predicted octanol–water partition coefficient (Wildman–Crippen LogP) is 3.78. The van der Waals surface area contributed by atoms with Crippen LogP contribution in [0.2, 0.25) is 0 Å². The highest BCUT2D eigenvalue weighted by Crippen LogP contribution is 2.21. The molecule has 0 saturated heterocycles. The van der Waals surface area contributed by atoms with E-state index in [4.69, 9.17) is 0 Å². The molecule has 0 saturated carbocycles. The highest BCUT2D eigenvalue weighted by Gasteiger charge is 2.17. The molecule has 2 amide bonds. The predicted molar refractivity (Wildman–Crippen MR) is 124 cm³/mol. The van der Waals surface area contributed by atoms with Gasteiger partial charge in [-0.15, -0.1) is 0 Å². The number of para-hydroxylation sites is 1. The van der Waals surface area contributed by atoms with Crippen molar-refractivity contribution in [2.75, 3.05) is 5.32 Å². The monoisotopic (exact) mass is 444 g/mol. The molecule has 160 valence electrons. The molecule has 2 N–H and O–H groups in total. The summed E-state index contributed by atoms with van der Waals surface area (Å²) in [6.07, 6.45) is 1.49. The molecule has 7 nitrogen and oxygen atoms in total. The standard InChI is InChI=1S/C24H20N4O3S/c1-16-21(23(31)25-15-17-8-4-2-5-9-17)32-24(26-16)28-13-12-18(14-20(28)29)22(30)27-19-10-6-3-7-11-19/h2-14H,15H2,1H3,(H,25,31)(H,27,30). The van der Waals surface area contributed by atoms with Gasteiger partial charge in [-0.1, -0.05) is 59.9 Å². The summed E-state index contributed by atoms with van der Waals surface area (Å²) in [6, 6.07) is 21.4. The second-order valence-corrected chi connectivity index (χ2v) is 8.00. The van der Waals surface area contributed by atoms with Gasteiger partial charge in [0.1, 0.15) is 4.88 Å². The summed E-state index contributed by atoms with van der Waals surface area (Å²) >= 11 is 1.13. The number of carbonyl (C=O) groups is 2. The Hall–Kier alpha value is -4.04. The van der Waals surface area contributed by atoms with Gasteiger partial charge in [-0.05, 0) is 30.7 Å². The number of hydrogen-bond acceptors (Lipinski definition) is 5. The van der Waals surface area contributed by atoms with Crippen LogP contribution in [0.25, 0.3) is 5.13 Å². The molecule has 0 atom stereocenters. The van der Waals surface area contributed by atoms with E-state index in [-0.39, 0.29) is 17.4 Å². The first-order chi connectivity index (χ1) is 15.5. The van der Waals surface area contributed by atoms with Gasteiger partial charge in [0.25, 0.3) is 17.4 Å². The van der Waals surface area contributed by atoms with Gasteiger partial charge in [0.15, 0.2) is 5.13 Å². The minimum Gasteiger partial charge on any atom is -0.347 e. The summed E-state index contributed by atoms with van der Waals surface area (Å²) in [7, 11) is 0. The van der Waals surface area contributed by atoms with Crippen LogP contribution in [-0.4, -0.2) is 21.4 Å². The van der Waals surface area contributed by atoms with Gasteiger partial charge >= 0.3 is 0 Å². The van der Waals surface area contributed by atoms with Crippen LogP contribution >= 0.6 is 11.3 Å². The molecule has 0 radical (unpaired) electrons. The summed E-state index contributed by atoms with van der Waals surface area (Å²) < 4.78 is 1.32. The fourth-order valence-electron chi connectivity index (χ4n) is 3.06. The fourth-order valence-corrected chi connectivity index (χ4v) is 4.03. The first-order valence-electron chi connectivity index (χ1n) is 9.90. The Labute approximate surface area is 188 Å². The van der Waals surface area contributed by atoms with Crippen molar-refractivity contribution in [3.05, 3.63) is 111 Å². The molecule has 0 aliphatic rings. The van der Waals surface area contributed by atoms with Gasteiger partial charge in [0.2, 0.25) is 0 Å². The molecule has 0 aliphatic heterocycles. The molecule has 2 heterocycles. The molecular formula is C24H20N4O3S. The van der Waals surface area contributed by atoms with Gasteiger partial charge in [-0.3, -0.25) is 19.0 Å². The van der Waals surface area contributed by atoms with E-state index in [9.17, 15) is 14.4 Å². The number of pyridine rings is 1. The number of aryl methyl sites for hydroxylation is 1. The van der Waals surface area contributed by atoms with Crippen LogP contribution in [0.3, 0.4) is 0 Å². The molecule has 2 aromatic carbocycles. The van der Waals surface area contributed by atoms with Gasteiger partial charge in [-0.25, -0.2) is 4.98 Å². The fraction of sp³-hybridized carbons (Fsp3) is 0.0833. The number of anilines is 1. The average molecular weight is 445 g/mol. The minimum absolute atomic E-state index is 0.240. The lowest BCUT2D eigenvalue weighted by Crippen LogP contribution is -2.22. The number of rotatable bonds is 6. The van der Waals surface area contributed by atoms with Crippen LogP contribution in [-0.2, 0) is 6.54 Å². The molecule has 0 aliphatic carbocycles. The smallest absolute Gasteiger partial charge is 0.263 e. The van der Waals surface area contributed by atoms with E-state index in [1.54, 1.807) is 25.1 Å². The Morgan fingerprint density at radius 2 is 1.66 bits per heavy atom. The van der Waals surface area contributed by atoms with Crippen molar-refractivity contribution in [1.29, 1.82) is 0 Å². The third-order valence-corrected chi connectivity index (χ3v) is 5.86. The first-order valence-corrected chi connectivity index (χ1v) is 10.7. The number of amides is 2. The van der Waals surface area contributed by atoms with Gasteiger partial charge in [0.05, 0.1) is 5.69 Å². The van der Waals surface area contributed by atoms with E-state index in [2.05, 4.69) is 15.6 Å². The molecule has 0 bridgehead atoms. The number of hydrogen-bond donors (Lipinski definition) is 2. The van der Waals surface area contributed by atoms with Crippen LogP contribution in [0.1, 0.15) is 31.3 Å². The summed E-state index contributed by atoms with van der Waals surface area (Å²) in [5.74, 6) is -0.626. The zero-order chi connectivity index (χ0) is 22.5. The van der Waals surface area contributed by atoms with Crippen molar-refractivity contribution in [1.82, 2.24) is 14.9 Å². The largest absolute Gasteiger partial charge is 0.347 e. The van der Waals surface area contributed by atoms with E-state index in [1.807, 2.05) is 48.5 Å². The second-order valence-electron chi connectivity index (χ2n) is 7.02. The van der Waals surface area contributed by atoms with Gasteiger partial charge in [-0.2, -0.15) is 0 Å². The normalized spacial score (nSPS) is 10.5. The molecule has 0 spiro atoms. The highest BCUT2D eigenvalue weighted by atomic mass is 32.1. The summed E-state index contributed by atoms with van der Waals surface area (Å²) in [6.45, 7) is 2.13. The number of carbonyl (C=O) groups excluding carboxylic acids is 2. The number of nitrogens with zero attached hydrogens (tertiary/aromatic N) is 2. The van der Waals surface area contributed by atoms with Crippen LogP contribution in [0, 0.1) is 6.92 Å². The van der Waals surface area contributed by atoms with Crippen molar-refractivity contribution in [2.24, 2.45) is 0 Å². The number of benzene rings is 2. The van der Waals surface area contributed by atoms with E-state index >= 15 is 0 Å². The Bertz CT molecular complexity index is 1310. The molecule has 0 unspecified atom stereocenters. The third-order valence-electron chi connectivity index (χ3n) is 4.71. The van der Waals surface area contributed by atoms with Crippen LogP contribution < -0.4 is 16.2 Å². The molecule has 8 heteroatoms. The molecule has 2 aromatic heterocycles. The number of aromatic nitrogens is 2. The lowest BCUT2D eigenvalue weighted by Gasteiger charge is -2.06. The third kappa shape index (κ3) is 4.81. The van der Waals surface area contributed by atoms with Crippen molar-refractivity contribution in [3.8, 4) is 5.13 Å². The number of nitrogens with one attached hydrogen (secondary N) is 2. The highest BCUT2D eigenvalue weighted by molar-refractivity contribution is 7.16. The maximum absolute atomic E-state index is 12.6. The lowest BCUT2D eigenvalue weighted by atomic mass is 10.2. The van der Waals surface area contributed by atoms with E-state index in [1.165, 1.54) is 16.8 Å². The van der Waals surface area contributed by atoms with Crippen molar-refractivity contribution >= 4 is 28.8 Å². The maximum atomic E-state index is 12.6. The zero-order valence-corrected chi connectivity index (χ0v) is 18.1. The van der Waals surface area contributed by atoms with Crippen molar-refractivity contribution < 1.29 is 9.59 Å². The molecule has 32 heavy (non-hydrogen) atoms. The molecular weight excluding hydrogens is 424 g/mol. The SMILES string of the molecule is Cc1nc(-n2ccc(C(=O)Nc3ccccc3)cc2=O)sc1C(=O)NCc1ccccc1. The van der Waals surface area contributed by atoms with Crippen molar-refractivity contribution in [2.45, 2.75) is 13.5 Å². The topological polar surface area (TPSA) is 93.1 Å². The molecule has 0 fully saturated rings. The van der Waals surface area contributed by atoms with Crippen LogP contribution in [0.15, 0.2) is 83.8 Å². The summed E-state index contributed by atoms with van der Waals surface area (Å²) in [5.41, 5.74) is 2.00. The Morgan fingerprint density at radius 1 is 0.969 bits per heavy atom. The summed E-state index contributed by atoms with van der Waals surface area (Å²) in [5, 5.41) is 5.99. The van der Waals surface area contributed by atoms with Gasteiger partial charge < -0.3 is 10.6 Å². The maximum Gasteiger partial charge on any atom is 0.263 e. The van der Waals surface area contributed by atoms with E-state index < -0.39 is 5.56 Å². The second kappa shape index (κ2) is 9.40. The quantitative estimate of drug-likeness (QED) is 0.473. The van der Waals surface area contributed by atoms with E-state index in [0.29, 0.717) is 27.9 Å². The Morgan fingerprint density at radius 3 is 2.34 bits per heavy atom. The van der Waals surface area contributed by atoms with Crippen LogP contribution in [0.5, 0.6) is 0 Å². The minimum atomic E-state index is -0.407. The van der Waals surface area contributed by atoms with E-state index in [0.717, 1.165) is 16.9 Å². The Balaban J connectivity index is 1.50. The molecule has 4 rings (SSSR count). The van der Waals surface area contributed by atoms with Crippen molar-refractivity contribution in [3.63, 3.8) is 0 Å².